The summed E-state index contributed by atoms with van der Waals surface area (Å²) in [6.45, 7) is 4.89. The van der Waals surface area contributed by atoms with Crippen molar-refractivity contribution < 1.29 is 14.3 Å². The molecule has 3 heterocycles. The van der Waals surface area contributed by atoms with Gasteiger partial charge < -0.3 is 9.72 Å². The first kappa shape index (κ1) is 21.2. The van der Waals surface area contributed by atoms with Crippen molar-refractivity contribution in [2.24, 2.45) is 0 Å². The van der Waals surface area contributed by atoms with E-state index in [2.05, 4.69) is 19.8 Å². The van der Waals surface area contributed by atoms with Crippen molar-refractivity contribution in [2.75, 3.05) is 20.6 Å². The average molecular weight is 399 g/mol. The lowest BCUT2D eigenvalue weighted by atomic mass is 10.0. The maximum absolute atomic E-state index is 11.4. The fourth-order valence-corrected chi connectivity index (χ4v) is 4.02. The minimum atomic E-state index is 0.01000. The molecule has 0 amide bonds. The predicted molar refractivity (Wildman–Crippen MR) is 111 cm³/mol. The zero-order valence-electron chi connectivity index (χ0n) is 17.6. The number of likely N-dealkylation sites (tertiary alicyclic amines) is 1. The van der Waals surface area contributed by atoms with Crippen molar-refractivity contribution in [1.29, 1.82) is 0 Å². The zero-order valence-corrected chi connectivity index (χ0v) is 17.6. The van der Waals surface area contributed by atoms with Crippen molar-refractivity contribution in [3.63, 3.8) is 0 Å². The molecule has 3 atom stereocenters. The maximum Gasteiger partial charge on any atom is 0.147 e. The second kappa shape index (κ2) is 9.33. The van der Waals surface area contributed by atoms with Crippen LogP contribution in [0.2, 0.25) is 0 Å². The van der Waals surface area contributed by atoms with Gasteiger partial charge in [0.2, 0.25) is 0 Å². The van der Waals surface area contributed by atoms with Crippen LogP contribution in [0.4, 0.5) is 0 Å². The van der Waals surface area contributed by atoms with Crippen LogP contribution in [0.15, 0.2) is 36.7 Å². The number of likely N-dealkylation sites (N-methyl/N-ethyl adjacent to an activating group) is 2. The monoisotopic (exact) mass is 398 g/mol. The lowest BCUT2D eigenvalue weighted by Gasteiger charge is -2.29. The topological polar surface area (TPSA) is 78.5 Å². The number of Topliss-reactive ketones (excluding diaryl/α,β-unsaturated/α-hetero) is 2. The summed E-state index contributed by atoms with van der Waals surface area (Å²) in [5, 5.41) is 0. The van der Waals surface area contributed by atoms with E-state index in [4.69, 9.17) is 4.74 Å². The second-order valence-corrected chi connectivity index (χ2v) is 7.93. The minimum Gasteiger partial charge on any atom is -0.489 e. The zero-order chi connectivity index (χ0) is 21.0. The van der Waals surface area contributed by atoms with Gasteiger partial charge in [0.05, 0.1) is 29.8 Å². The molecule has 1 aromatic carbocycles. The molecule has 2 aliphatic rings. The molecule has 0 radical (unpaired) electrons. The number of nitrogens with one attached hydrogen (secondary N) is 1. The Labute approximate surface area is 172 Å². The number of H-pyrrole nitrogens is 1. The molecule has 2 aliphatic heterocycles. The van der Waals surface area contributed by atoms with E-state index in [1.54, 1.807) is 20.2 Å². The summed E-state index contributed by atoms with van der Waals surface area (Å²) >= 11 is 0. The fraction of sp³-hybridized carbons (Fsp3) is 0.500. The SMILES string of the molecule is CC(=O)[C@@H]1C[C@@H](Oc2ccccc2)CN1C.CC(=O)[C@@H]1Cc2nc[nH]c2CN1C. The first-order valence-electron chi connectivity index (χ1n) is 9.99. The number of carbonyl (C=O) groups excluding carboxylic acids is 2. The number of imidazole rings is 1. The van der Waals surface area contributed by atoms with Gasteiger partial charge in [-0.25, -0.2) is 4.98 Å². The van der Waals surface area contributed by atoms with Gasteiger partial charge in [-0.15, -0.1) is 0 Å². The van der Waals surface area contributed by atoms with Gasteiger partial charge in [0.15, 0.2) is 0 Å². The number of fused-ring (bicyclic) bond motifs is 1. The van der Waals surface area contributed by atoms with E-state index >= 15 is 0 Å². The Morgan fingerprint density at radius 2 is 1.76 bits per heavy atom. The van der Waals surface area contributed by atoms with E-state index in [-0.39, 0.29) is 29.8 Å². The number of para-hydroxylation sites is 1. The molecule has 0 spiro atoms. The summed E-state index contributed by atoms with van der Waals surface area (Å²) in [6, 6.07) is 9.80. The molecule has 0 aliphatic carbocycles. The Morgan fingerprint density at radius 3 is 2.38 bits per heavy atom. The van der Waals surface area contributed by atoms with Gasteiger partial charge >= 0.3 is 0 Å². The molecule has 0 saturated carbocycles. The van der Waals surface area contributed by atoms with Gasteiger partial charge in [0, 0.05) is 25.9 Å². The van der Waals surface area contributed by atoms with Gasteiger partial charge in [-0.3, -0.25) is 19.4 Å². The van der Waals surface area contributed by atoms with E-state index in [1.807, 2.05) is 44.4 Å². The third-order valence-corrected chi connectivity index (χ3v) is 5.63. The van der Waals surface area contributed by atoms with Crippen molar-refractivity contribution >= 4 is 11.6 Å². The van der Waals surface area contributed by atoms with Gasteiger partial charge in [-0.05, 0) is 40.1 Å². The molecular formula is C22H30N4O3. The second-order valence-electron chi connectivity index (χ2n) is 7.93. The third-order valence-electron chi connectivity index (χ3n) is 5.63. The van der Waals surface area contributed by atoms with Gasteiger partial charge in [-0.1, -0.05) is 18.2 Å². The van der Waals surface area contributed by atoms with Crippen LogP contribution < -0.4 is 4.74 Å². The number of hydrogen-bond acceptors (Lipinski definition) is 6. The van der Waals surface area contributed by atoms with Crippen molar-refractivity contribution in [3.05, 3.63) is 48.0 Å². The van der Waals surface area contributed by atoms with Crippen LogP contribution in [0.25, 0.3) is 0 Å². The molecular weight excluding hydrogens is 368 g/mol. The van der Waals surface area contributed by atoms with Crippen LogP contribution in [-0.2, 0) is 22.6 Å². The number of carbonyl (C=O) groups is 2. The molecule has 1 aromatic heterocycles. The Morgan fingerprint density at radius 1 is 1.07 bits per heavy atom. The van der Waals surface area contributed by atoms with Crippen LogP contribution in [-0.4, -0.2) is 70.2 Å². The number of aromatic nitrogens is 2. The largest absolute Gasteiger partial charge is 0.489 e. The van der Waals surface area contributed by atoms with Crippen LogP contribution in [0.1, 0.15) is 31.7 Å². The van der Waals surface area contributed by atoms with Gasteiger partial charge in [-0.2, -0.15) is 0 Å². The smallest absolute Gasteiger partial charge is 0.147 e. The highest BCUT2D eigenvalue weighted by Gasteiger charge is 2.33. The molecule has 2 aromatic rings. The van der Waals surface area contributed by atoms with Crippen molar-refractivity contribution in [1.82, 2.24) is 19.8 Å². The highest BCUT2D eigenvalue weighted by Crippen LogP contribution is 2.22. The summed E-state index contributed by atoms with van der Waals surface area (Å²) in [6.07, 6.45) is 3.35. The van der Waals surface area contributed by atoms with Crippen molar-refractivity contribution in [2.45, 2.75) is 51.4 Å². The molecule has 1 fully saturated rings. The Balaban J connectivity index is 0.000000169. The standard InChI is InChI=1S/C13H17NO2.C9H13N3O/c1-10(15)13-8-12(9-14(13)2)16-11-6-4-3-5-7-11;1-6(13)9-3-7-8(4-12(9)2)11-5-10-7/h3-7,12-13H,8-9H2,1-2H3;5,9H,3-4H2,1-2H3,(H,10,11)/t12-,13+;9-/m10/s1. The Bertz CT molecular complexity index is 836. The summed E-state index contributed by atoms with van der Waals surface area (Å²) in [7, 11) is 3.94. The first-order chi connectivity index (χ1) is 13.8. The van der Waals surface area contributed by atoms with E-state index in [9.17, 15) is 9.59 Å². The highest BCUT2D eigenvalue weighted by molar-refractivity contribution is 5.82. The Hall–Kier alpha value is -2.51. The number of rotatable bonds is 4. The molecule has 0 unspecified atom stereocenters. The molecule has 4 rings (SSSR count). The van der Waals surface area contributed by atoms with Crippen LogP contribution in [0.5, 0.6) is 5.75 Å². The number of nitrogens with zero attached hydrogens (tertiary/aromatic N) is 3. The molecule has 0 bridgehead atoms. The number of hydrogen-bond donors (Lipinski definition) is 1. The van der Waals surface area contributed by atoms with E-state index in [1.165, 1.54) is 0 Å². The lowest BCUT2D eigenvalue weighted by molar-refractivity contribution is -0.122. The molecule has 1 N–H and O–H groups in total. The van der Waals surface area contributed by atoms with Crippen LogP contribution in [0, 0.1) is 0 Å². The van der Waals surface area contributed by atoms with Crippen LogP contribution in [0.3, 0.4) is 0 Å². The van der Waals surface area contributed by atoms with E-state index in [0.29, 0.717) is 0 Å². The molecule has 7 heteroatoms. The third kappa shape index (κ3) is 5.31. The quantitative estimate of drug-likeness (QED) is 0.850. The minimum absolute atomic E-state index is 0.01000. The summed E-state index contributed by atoms with van der Waals surface area (Å²) in [5.74, 6) is 1.32. The lowest BCUT2D eigenvalue weighted by Crippen LogP contribution is -2.42. The summed E-state index contributed by atoms with van der Waals surface area (Å²) in [5.41, 5.74) is 2.18. The average Bonchev–Trinajstić information content (AvgIpc) is 3.28. The van der Waals surface area contributed by atoms with Gasteiger partial charge in [0.1, 0.15) is 23.4 Å². The summed E-state index contributed by atoms with van der Waals surface area (Å²) in [4.78, 5) is 34.0. The first-order valence-corrected chi connectivity index (χ1v) is 9.99. The molecule has 156 valence electrons. The molecule has 7 nitrogen and oxygen atoms in total. The van der Waals surface area contributed by atoms with E-state index < -0.39 is 0 Å². The predicted octanol–water partition coefficient (Wildman–Crippen LogP) is 2.08. The van der Waals surface area contributed by atoms with E-state index in [0.717, 1.165) is 43.1 Å². The number of ketones is 2. The van der Waals surface area contributed by atoms with Crippen molar-refractivity contribution in [3.8, 4) is 5.75 Å². The fourth-order valence-electron chi connectivity index (χ4n) is 4.02. The van der Waals surface area contributed by atoms with Gasteiger partial charge in [0.25, 0.3) is 0 Å². The maximum atomic E-state index is 11.4. The number of benzene rings is 1. The van der Waals surface area contributed by atoms with Crippen LogP contribution >= 0.6 is 0 Å². The molecule has 1 saturated heterocycles. The number of ether oxygens (including phenoxy) is 1. The molecule has 29 heavy (non-hydrogen) atoms. The number of aromatic amines is 1. The summed E-state index contributed by atoms with van der Waals surface area (Å²) < 4.78 is 5.83. The Kier molecular flexibility index (Phi) is 6.82. The normalized spacial score (nSPS) is 24.3. The highest BCUT2D eigenvalue weighted by atomic mass is 16.5.